The highest BCUT2D eigenvalue weighted by Gasteiger charge is 2.18. The third kappa shape index (κ3) is 3.65. The normalized spacial score (nSPS) is 15.1. The Labute approximate surface area is 109 Å². The fourth-order valence-corrected chi connectivity index (χ4v) is 1.67. The Kier molecular flexibility index (Phi) is 4.30. The van der Waals surface area contributed by atoms with Crippen LogP contribution >= 0.6 is 0 Å². The van der Waals surface area contributed by atoms with Crippen molar-refractivity contribution >= 4 is 11.6 Å². The Morgan fingerprint density at radius 1 is 1.37 bits per heavy atom. The van der Waals surface area contributed by atoms with Gasteiger partial charge < -0.3 is 4.74 Å². The number of nitro groups is 1. The molecule has 0 atom stereocenters. The highest BCUT2D eigenvalue weighted by molar-refractivity contribution is 5.76. The third-order valence-electron chi connectivity index (χ3n) is 2.69. The maximum absolute atomic E-state index is 11.7. The van der Waals surface area contributed by atoms with Crippen LogP contribution in [0.3, 0.4) is 0 Å². The zero-order valence-electron chi connectivity index (χ0n) is 10.3. The van der Waals surface area contributed by atoms with Crippen molar-refractivity contribution < 1.29 is 19.3 Å². The van der Waals surface area contributed by atoms with E-state index in [0.717, 1.165) is 12.8 Å². The van der Waals surface area contributed by atoms with E-state index in [-0.39, 0.29) is 18.2 Å². The largest absolute Gasteiger partial charge is 0.484 e. The van der Waals surface area contributed by atoms with Crippen molar-refractivity contribution in [3.63, 3.8) is 0 Å². The minimum atomic E-state index is -0.490. The van der Waals surface area contributed by atoms with Crippen LogP contribution in [0, 0.1) is 10.1 Å². The third-order valence-corrected chi connectivity index (χ3v) is 2.69. The minimum absolute atomic E-state index is 0.0157. The molecule has 1 amide bonds. The van der Waals surface area contributed by atoms with Crippen molar-refractivity contribution in [2.24, 2.45) is 0 Å². The van der Waals surface area contributed by atoms with Crippen LogP contribution in [0.25, 0.3) is 0 Å². The Bertz CT molecular complexity index is 454. The monoisotopic (exact) mass is 266 g/mol. The molecule has 1 fully saturated rings. The molecule has 0 spiro atoms. The predicted octanol–water partition coefficient (Wildman–Crippen LogP) is 1.53. The van der Waals surface area contributed by atoms with E-state index in [1.54, 1.807) is 0 Å². The molecule has 2 rings (SSSR count). The van der Waals surface area contributed by atoms with Crippen molar-refractivity contribution in [3.05, 3.63) is 34.4 Å². The molecule has 1 aliphatic rings. The smallest absolute Gasteiger partial charge is 0.283 e. The number of nitrogens with zero attached hydrogens (tertiary/aromatic N) is 2. The number of benzene rings is 1. The number of amides is 1. The Balaban J connectivity index is 1.84. The summed E-state index contributed by atoms with van der Waals surface area (Å²) in [6, 6.07) is 5.58. The number of carbonyl (C=O) groups excluding carboxylic acids is 1. The van der Waals surface area contributed by atoms with Crippen molar-refractivity contribution in [2.75, 3.05) is 19.8 Å². The molecule has 0 aromatic heterocycles. The summed E-state index contributed by atoms with van der Waals surface area (Å²) in [5.41, 5.74) is -0.0157. The summed E-state index contributed by atoms with van der Waals surface area (Å²) in [7, 11) is 0. The number of carbonyl (C=O) groups is 1. The maximum Gasteiger partial charge on any atom is 0.283 e. The molecule has 1 aromatic carbocycles. The fourth-order valence-electron chi connectivity index (χ4n) is 1.67. The molecule has 0 N–H and O–H groups in total. The maximum atomic E-state index is 11.7. The first-order valence-corrected chi connectivity index (χ1v) is 5.97. The van der Waals surface area contributed by atoms with Gasteiger partial charge in [0.25, 0.3) is 11.6 Å². The van der Waals surface area contributed by atoms with E-state index >= 15 is 0 Å². The van der Waals surface area contributed by atoms with Crippen LogP contribution in [0.1, 0.15) is 12.8 Å². The molecular weight excluding hydrogens is 252 g/mol. The van der Waals surface area contributed by atoms with Gasteiger partial charge in [0.1, 0.15) is 5.75 Å². The summed E-state index contributed by atoms with van der Waals surface area (Å²) in [5, 5.41) is 11.8. The van der Waals surface area contributed by atoms with Gasteiger partial charge in [-0.05, 0) is 25.0 Å². The Morgan fingerprint density at radius 3 is 2.68 bits per heavy atom. The van der Waals surface area contributed by atoms with E-state index in [1.807, 2.05) is 0 Å². The lowest BCUT2D eigenvalue weighted by molar-refractivity contribution is -0.384. The van der Waals surface area contributed by atoms with E-state index in [0.29, 0.717) is 18.9 Å². The van der Waals surface area contributed by atoms with Crippen LogP contribution in [0.2, 0.25) is 0 Å². The first kappa shape index (κ1) is 13.3. The number of hydrogen-bond donors (Lipinski definition) is 0. The highest BCUT2D eigenvalue weighted by atomic mass is 16.7. The second-order valence-corrected chi connectivity index (χ2v) is 4.08. The number of nitro benzene ring substituents is 1. The zero-order valence-corrected chi connectivity index (χ0v) is 10.3. The Hall–Kier alpha value is -2.15. The SMILES string of the molecule is O=C(COc1ccc([N+](=O)[O-])cc1)N1CCCCO1. The first-order valence-electron chi connectivity index (χ1n) is 5.97. The molecule has 0 radical (unpaired) electrons. The zero-order chi connectivity index (χ0) is 13.7. The van der Waals surface area contributed by atoms with Crippen LogP contribution in [0.5, 0.6) is 5.75 Å². The van der Waals surface area contributed by atoms with Gasteiger partial charge in [-0.1, -0.05) is 0 Å². The molecule has 0 bridgehead atoms. The van der Waals surface area contributed by atoms with Gasteiger partial charge in [0.2, 0.25) is 0 Å². The molecule has 1 aromatic rings. The van der Waals surface area contributed by atoms with Crippen molar-refractivity contribution in [1.82, 2.24) is 5.06 Å². The van der Waals surface area contributed by atoms with Crippen LogP contribution in [0.4, 0.5) is 5.69 Å². The van der Waals surface area contributed by atoms with Gasteiger partial charge in [-0.2, -0.15) is 0 Å². The van der Waals surface area contributed by atoms with E-state index in [4.69, 9.17) is 9.57 Å². The van der Waals surface area contributed by atoms with Gasteiger partial charge >= 0.3 is 0 Å². The average molecular weight is 266 g/mol. The van der Waals surface area contributed by atoms with Gasteiger partial charge in [0.05, 0.1) is 11.5 Å². The number of hydrogen-bond acceptors (Lipinski definition) is 5. The molecule has 102 valence electrons. The summed E-state index contributed by atoms with van der Waals surface area (Å²) in [4.78, 5) is 26.9. The van der Waals surface area contributed by atoms with E-state index in [9.17, 15) is 14.9 Å². The summed E-state index contributed by atoms with van der Waals surface area (Å²) < 4.78 is 5.26. The van der Waals surface area contributed by atoms with Gasteiger partial charge in [-0.15, -0.1) is 0 Å². The minimum Gasteiger partial charge on any atom is -0.484 e. The fraction of sp³-hybridized carbons (Fsp3) is 0.417. The lowest BCUT2D eigenvalue weighted by Gasteiger charge is -2.25. The molecule has 19 heavy (non-hydrogen) atoms. The molecule has 1 heterocycles. The number of non-ortho nitro benzene ring substituents is 1. The Morgan fingerprint density at radius 2 is 2.11 bits per heavy atom. The van der Waals surface area contributed by atoms with E-state index in [1.165, 1.54) is 29.3 Å². The molecule has 1 saturated heterocycles. The summed E-state index contributed by atoms with van der Waals surface area (Å²) in [5.74, 6) is 0.161. The summed E-state index contributed by atoms with van der Waals surface area (Å²) >= 11 is 0. The molecule has 0 aliphatic carbocycles. The number of ether oxygens (including phenoxy) is 1. The predicted molar refractivity (Wildman–Crippen MR) is 65.5 cm³/mol. The van der Waals surface area contributed by atoms with Crippen molar-refractivity contribution in [1.29, 1.82) is 0 Å². The lowest BCUT2D eigenvalue weighted by atomic mass is 10.3. The molecule has 1 aliphatic heterocycles. The lowest BCUT2D eigenvalue weighted by Crippen LogP contribution is -2.38. The molecule has 7 nitrogen and oxygen atoms in total. The molecular formula is C12H14N2O5. The second kappa shape index (κ2) is 6.14. The van der Waals surface area contributed by atoms with Gasteiger partial charge in [0.15, 0.2) is 6.61 Å². The molecule has 7 heteroatoms. The molecule has 0 unspecified atom stereocenters. The van der Waals surface area contributed by atoms with Gasteiger partial charge in [0, 0.05) is 18.7 Å². The van der Waals surface area contributed by atoms with Crippen molar-refractivity contribution in [3.8, 4) is 5.75 Å². The second-order valence-electron chi connectivity index (χ2n) is 4.08. The number of rotatable bonds is 4. The first-order chi connectivity index (χ1) is 9.16. The number of hydroxylamine groups is 2. The quantitative estimate of drug-likeness (QED) is 0.609. The van der Waals surface area contributed by atoms with E-state index in [2.05, 4.69) is 0 Å². The topological polar surface area (TPSA) is 81.9 Å². The van der Waals surface area contributed by atoms with E-state index < -0.39 is 4.92 Å². The summed E-state index contributed by atoms with van der Waals surface area (Å²) in [6.45, 7) is 0.976. The van der Waals surface area contributed by atoms with Crippen LogP contribution in [-0.4, -0.2) is 35.7 Å². The average Bonchev–Trinajstić information content (AvgIpc) is 2.46. The van der Waals surface area contributed by atoms with Crippen molar-refractivity contribution in [2.45, 2.75) is 12.8 Å². The van der Waals surface area contributed by atoms with Crippen LogP contribution in [-0.2, 0) is 9.63 Å². The highest BCUT2D eigenvalue weighted by Crippen LogP contribution is 2.17. The molecule has 0 saturated carbocycles. The summed E-state index contributed by atoms with van der Waals surface area (Å²) in [6.07, 6.45) is 1.87. The van der Waals surface area contributed by atoms with Gasteiger partial charge in [-0.25, -0.2) is 5.06 Å². The van der Waals surface area contributed by atoms with Crippen LogP contribution in [0.15, 0.2) is 24.3 Å². The van der Waals surface area contributed by atoms with Gasteiger partial charge in [-0.3, -0.25) is 19.7 Å². The van der Waals surface area contributed by atoms with Crippen LogP contribution < -0.4 is 4.74 Å². The standard InChI is InChI=1S/C12H14N2O5/c15-12(13-7-1-2-8-19-13)9-18-11-5-3-10(4-6-11)14(16)17/h3-6H,1-2,7-9H2.